The lowest BCUT2D eigenvalue weighted by molar-refractivity contribution is 0.607. The van der Waals surface area contributed by atoms with E-state index in [0.29, 0.717) is 5.69 Å². The highest BCUT2D eigenvalue weighted by Crippen LogP contribution is 2.40. The molecule has 1 N–H and O–H groups in total. The molecule has 1 aliphatic rings. The summed E-state index contributed by atoms with van der Waals surface area (Å²) in [5.41, 5.74) is 4.11. The number of benzene rings is 2. The monoisotopic (exact) mass is 287 g/mol. The van der Waals surface area contributed by atoms with Crippen LogP contribution in [0.25, 0.3) is 11.1 Å². The summed E-state index contributed by atoms with van der Waals surface area (Å²) in [6.45, 7) is 0. The van der Waals surface area contributed by atoms with Crippen molar-refractivity contribution in [1.82, 2.24) is 0 Å². The Bertz CT molecular complexity index is 716. The van der Waals surface area contributed by atoms with Crippen molar-refractivity contribution in [3.63, 3.8) is 0 Å². The Labute approximate surface area is 119 Å². The zero-order valence-electron chi connectivity index (χ0n) is 11.3. The second-order valence-electron chi connectivity index (χ2n) is 5.35. The predicted octanol–water partition coefficient (Wildman–Crippen LogP) is 3.60. The Balaban J connectivity index is 1.87. The van der Waals surface area contributed by atoms with Gasteiger partial charge in [-0.05, 0) is 47.6 Å². The SMILES string of the molecule is CS(=O)(=O)Nc1cccc(-c2ccc(C3CC3)cc2)c1. The minimum absolute atomic E-state index is 0.594. The third kappa shape index (κ3) is 3.20. The van der Waals surface area contributed by atoms with Gasteiger partial charge in [-0.25, -0.2) is 8.42 Å². The van der Waals surface area contributed by atoms with Gasteiger partial charge in [-0.1, -0.05) is 36.4 Å². The highest BCUT2D eigenvalue weighted by molar-refractivity contribution is 7.92. The minimum atomic E-state index is -3.24. The van der Waals surface area contributed by atoms with Crippen LogP contribution < -0.4 is 4.72 Å². The lowest BCUT2D eigenvalue weighted by Crippen LogP contribution is -2.09. The fourth-order valence-corrected chi connectivity index (χ4v) is 2.90. The Morgan fingerprint density at radius 1 is 1.00 bits per heavy atom. The molecule has 0 radical (unpaired) electrons. The van der Waals surface area contributed by atoms with Crippen LogP contribution in [0.4, 0.5) is 5.69 Å². The highest BCUT2D eigenvalue weighted by Gasteiger charge is 2.22. The van der Waals surface area contributed by atoms with Gasteiger partial charge >= 0.3 is 0 Å². The van der Waals surface area contributed by atoms with Gasteiger partial charge in [-0.2, -0.15) is 0 Å². The zero-order chi connectivity index (χ0) is 14.2. The van der Waals surface area contributed by atoms with E-state index in [9.17, 15) is 8.42 Å². The average molecular weight is 287 g/mol. The normalized spacial score (nSPS) is 15.1. The summed E-state index contributed by atoms with van der Waals surface area (Å²) in [5, 5.41) is 0. The number of hydrogen-bond acceptors (Lipinski definition) is 2. The molecule has 0 saturated heterocycles. The Kier molecular flexibility index (Phi) is 3.26. The van der Waals surface area contributed by atoms with Crippen LogP contribution in [0.3, 0.4) is 0 Å². The van der Waals surface area contributed by atoms with E-state index in [-0.39, 0.29) is 0 Å². The van der Waals surface area contributed by atoms with Crippen LogP contribution in [0.15, 0.2) is 48.5 Å². The van der Waals surface area contributed by atoms with Gasteiger partial charge in [0.15, 0.2) is 0 Å². The van der Waals surface area contributed by atoms with E-state index in [1.165, 1.54) is 18.4 Å². The lowest BCUT2D eigenvalue weighted by Gasteiger charge is -2.07. The largest absolute Gasteiger partial charge is 0.284 e. The molecule has 2 aromatic rings. The molecule has 0 aromatic heterocycles. The summed E-state index contributed by atoms with van der Waals surface area (Å²) in [6, 6.07) is 16.0. The van der Waals surface area contributed by atoms with Gasteiger partial charge in [0.25, 0.3) is 0 Å². The van der Waals surface area contributed by atoms with Crippen LogP contribution in [0.1, 0.15) is 24.3 Å². The molecule has 1 aliphatic carbocycles. The number of sulfonamides is 1. The maximum absolute atomic E-state index is 11.3. The Morgan fingerprint density at radius 2 is 1.70 bits per heavy atom. The number of anilines is 1. The molecule has 0 spiro atoms. The van der Waals surface area contributed by atoms with Crippen molar-refractivity contribution >= 4 is 15.7 Å². The number of rotatable bonds is 4. The quantitative estimate of drug-likeness (QED) is 0.934. The molecule has 1 fully saturated rings. The molecule has 0 atom stereocenters. The van der Waals surface area contributed by atoms with Gasteiger partial charge in [-0.15, -0.1) is 0 Å². The molecular weight excluding hydrogens is 270 g/mol. The maximum atomic E-state index is 11.3. The Morgan fingerprint density at radius 3 is 2.30 bits per heavy atom. The third-order valence-corrected chi connectivity index (χ3v) is 4.07. The maximum Gasteiger partial charge on any atom is 0.229 e. The van der Waals surface area contributed by atoms with Crippen LogP contribution >= 0.6 is 0 Å². The molecular formula is C16H17NO2S. The zero-order valence-corrected chi connectivity index (χ0v) is 12.2. The first-order valence-electron chi connectivity index (χ1n) is 6.69. The van der Waals surface area contributed by atoms with Crippen molar-refractivity contribution in [3.8, 4) is 11.1 Å². The van der Waals surface area contributed by atoms with Crippen LogP contribution in [0.2, 0.25) is 0 Å². The van der Waals surface area contributed by atoms with Gasteiger partial charge in [0.1, 0.15) is 0 Å². The molecule has 0 unspecified atom stereocenters. The molecule has 0 aliphatic heterocycles. The molecule has 20 heavy (non-hydrogen) atoms. The molecule has 0 amide bonds. The van der Waals surface area contributed by atoms with Gasteiger partial charge < -0.3 is 0 Å². The third-order valence-electron chi connectivity index (χ3n) is 3.46. The molecule has 0 heterocycles. The van der Waals surface area contributed by atoms with E-state index >= 15 is 0 Å². The molecule has 3 rings (SSSR count). The minimum Gasteiger partial charge on any atom is -0.284 e. The number of hydrogen-bond donors (Lipinski definition) is 1. The summed E-state index contributed by atoms with van der Waals surface area (Å²) in [6.07, 6.45) is 3.75. The van der Waals surface area contributed by atoms with Crippen molar-refractivity contribution in [3.05, 3.63) is 54.1 Å². The van der Waals surface area contributed by atoms with E-state index in [2.05, 4.69) is 29.0 Å². The van der Waals surface area contributed by atoms with Gasteiger partial charge in [0.2, 0.25) is 10.0 Å². The van der Waals surface area contributed by atoms with Crippen molar-refractivity contribution < 1.29 is 8.42 Å². The molecule has 104 valence electrons. The fourth-order valence-electron chi connectivity index (χ4n) is 2.34. The van der Waals surface area contributed by atoms with E-state index < -0.39 is 10.0 Å². The van der Waals surface area contributed by atoms with Crippen molar-refractivity contribution in [1.29, 1.82) is 0 Å². The average Bonchev–Trinajstić information content (AvgIpc) is 3.21. The molecule has 0 bridgehead atoms. The van der Waals surface area contributed by atoms with Crippen LogP contribution in [0, 0.1) is 0 Å². The summed E-state index contributed by atoms with van der Waals surface area (Å²) in [4.78, 5) is 0. The smallest absolute Gasteiger partial charge is 0.229 e. The predicted molar refractivity (Wildman–Crippen MR) is 82.3 cm³/mol. The van der Waals surface area contributed by atoms with E-state index in [1.54, 1.807) is 6.07 Å². The standard InChI is InChI=1S/C16H17NO2S/c1-20(18,19)17-16-4-2-3-15(11-16)14-9-7-13(8-10-14)12-5-6-12/h2-4,7-12,17H,5-6H2,1H3. The van der Waals surface area contributed by atoms with Gasteiger partial charge in [0.05, 0.1) is 6.26 Å². The van der Waals surface area contributed by atoms with Crippen molar-refractivity contribution in [2.24, 2.45) is 0 Å². The second-order valence-corrected chi connectivity index (χ2v) is 7.10. The molecule has 4 heteroatoms. The summed E-state index contributed by atoms with van der Waals surface area (Å²) in [7, 11) is -3.24. The summed E-state index contributed by atoms with van der Waals surface area (Å²) in [5.74, 6) is 0.752. The highest BCUT2D eigenvalue weighted by atomic mass is 32.2. The number of nitrogens with one attached hydrogen (secondary N) is 1. The van der Waals surface area contributed by atoms with Gasteiger partial charge in [-0.3, -0.25) is 4.72 Å². The van der Waals surface area contributed by atoms with Crippen molar-refractivity contribution in [2.75, 3.05) is 11.0 Å². The van der Waals surface area contributed by atoms with E-state index in [0.717, 1.165) is 23.3 Å². The first kappa shape index (κ1) is 13.2. The second kappa shape index (κ2) is 4.94. The van der Waals surface area contributed by atoms with E-state index in [4.69, 9.17) is 0 Å². The van der Waals surface area contributed by atoms with Crippen LogP contribution in [0.5, 0.6) is 0 Å². The molecule has 2 aromatic carbocycles. The van der Waals surface area contributed by atoms with Crippen LogP contribution in [-0.2, 0) is 10.0 Å². The Hall–Kier alpha value is -1.81. The lowest BCUT2D eigenvalue weighted by atomic mass is 10.0. The van der Waals surface area contributed by atoms with Crippen molar-refractivity contribution in [2.45, 2.75) is 18.8 Å². The van der Waals surface area contributed by atoms with Gasteiger partial charge in [0, 0.05) is 5.69 Å². The first-order valence-corrected chi connectivity index (χ1v) is 8.59. The summed E-state index contributed by atoms with van der Waals surface area (Å²) >= 11 is 0. The fraction of sp³-hybridized carbons (Fsp3) is 0.250. The molecule has 3 nitrogen and oxygen atoms in total. The first-order chi connectivity index (χ1) is 9.51. The summed E-state index contributed by atoms with van der Waals surface area (Å²) < 4.78 is 25.0. The topological polar surface area (TPSA) is 46.2 Å². The molecule has 1 saturated carbocycles. The van der Waals surface area contributed by atoms with Crippen LogP contribution in [-0.4, -0.2) is 14.7 Å². The van der Waals surface area contributed by atoms with E-state index in [1.807, 2.05) is 18.2 Å².